The third-order valence-electron chi connectivity index (χ3n) is 3.17. The molecule has 0 spiro atoms. The Kier molecular flexibility index (Phi) is 6.01. The average molecular weight is 326 g/mol. The Morgan fingerprint density at radius 2 is 2.05 bits per heavy atom. The fraction of sp³-hybridized carbons (Fsp3) is 0.545. The van der Waals surface area contributed by atoms with Crippen LogP contribution in [0.3, 0.4) is 0 Å². The van der Waals surface area contributed by atoms with Crippen LogP contribution in [0, 0.1) is 0 Å². The Hall–Kier alpha value is -0.400. The molecule has 0 radical (unpaired) electrons. The molecule has 0 saturated carbocycles. The van der Waals surface area contributed by atoms with E-state index < -0.39 is 10.0 Å². The molecule has 1 saturated heterocycles. The highest BCUT2D eigenvalue weighted by Crippen LogP contribution is 2.24. The molecule has 0 atom stereocenters. The Bertz CT molecular complexity index is 516. The summed E-state index contributed by atoms with van der Waals surface area (Å²) in [4.78, 5) is 3.89. The first-order valence-electron chi connectivity index (χ1n) is 5.83. The SMILES string of the molecule is CNC1CCN(S(=O)(=O)c2ncccc2Cl)CC1.Cl. The van der Waals surface area contributed by atoms with Crippen LogP contribution >= 0.6 is 24.0 Å². The lowest BCUT2D eigenvalue weighted by atomic mass is 10.1. The molecule has 2 heterocycles. The van der Waals surface area contributed by atoms with Crippen LogP contribution in [-0.4, -0.2) is 43.9 Å². The van der Waals surface area contributed by atoms with Gasteiger partial charge in [-0.1, -0.05) is 11.6 Å². The number of hydrogen-bond acceptors (Lipinski definition) is 4. The Morgan fingerprint density at radius 1 is 1.42 bits per heavy atom. The van der Waals surface area contributed by atoms with Crippen LogP contribution in [0.2, 0.25) is 5.02 Å². The second-order valence-electron chi connectivity index (χ2n) is 4.26. The molecule has 0 unspecified atom stereocenters. The molecule has 19 heavy (non-hydrogen) atoms. The quantitative estimate of drug-likeness (QED) is 0.915. The van der Waals surface area contributed by atoms with E-state index in [1.54, 1.807) is 12.1 Å². The number of piperidine rings is 1. The van der Waals surface area contributed by atoms with E-state index >= 15 is 0 Å². The van der Waals surface area contributed by atoms with Gasteiger partial charge in [-0.3, -0.25) is 0 Å². The zero-order valence-electron chi connectivity index (χ0n) is 10.5. The normalized spacial score (nSPS) is 18.0. The van der Waals surface area contributed by atoms with E-state index in [2.05, 4.69) is 10.3 Å². The summed E-state index contributed by atoms with van der Waals surface area (Å²) in [6.07, 6.45) is 3.06. The fourth-order valence-electron chi connectivity index (χ4n) is 2.07. The second kappa shape index (κ2) is 6.85. The Labute approximate surface area is 124 Å². The zero-order valence-corrected chi connectivity index (χ0v) is 12.9. The van der Waals surface area contributed by atoms with Crippen LogP contribution in [0.15, 0.2) is 23.4 Å². The molecule has 1 aromatic rings. The smallest absolute Gasteiger partial charge is 0.262 e. The first-order valence-corrected chi connectivity index (χ1v) is 7.65. The van der Waals surface area contributed by atoms with E-state index in [0.717, 1.165) is 12.8 Å². The number of sulfonamides is 1. The van der Waals surface area contributed by atoms with Crippen LogP contribution in [0.4, 0.5) is 0 Å². The topological polar surface area (TPSA) is 62.3 Å². The number of aromatic nitrogens is 1. The maximum atomic E-state index is 12.4. The predicted octanol–water partition coefficient (Wildman–Crippen LogP) is 1.53. The predicted molar refractivity (Wildman–Crippen MR) is 77.3 cm³/mol. The van der Waals surface area contributed by atoms with E-state index in [1.807, 2.05) is 7.05 Å². The van der Waals surface area contributed by atoms with Crippen molar-refractivity contribution in [1.82, 2.24) is 14.6 Å². The molecule has 2 rings (SSSR count). The summed E-state index contributed by atoms with van der Waals surface area (Å²) in [7, 11) is -1.67. The van der Waals surface area contributed by atoms with Gasteiger partial charge in [-0.25, -0.2) is 13.4 Å². The molecule has 0 amide bonds. The summed E-state index contributed by atoms with van der Waals surface area (Å²) >= 11 is 5.90. The molecule has 5 nitrogen and oxygen atoms in total. The minimum atomic E-state index is -3.56. The minimum absolute atomic E-state index is 0. The molecule has 1 aliphatic heterocycles. The third kappa shape index (κ3) is 3.58. The van der Waals surface area contributed by atoms with Gasteiger partial charge in [0.05, 0.1) is 5.02 Å². The fourth-order valence-corrected chi connectivity index (χ4v) is 3.93. The molecular formula is C11H17Cl2N3O2S. The van der Waals surface area contributed by atoms with Crippen molar-refractivity contribution in [3.05, 3.63) is 23.4 Å². The first kappa shape index (κ1) is 16.7. The van der Waals surface area contributed by atoms with Crippen LogP contribution in [0.25, 0.3) is 0 Å². The van der Waals surface area contributed by atoms with Gasteiger partial charge in [0.1, 0.15) is 0 Å². The Balaban J connectivity index is 0.00000180. The number of rotatable bonds is 3. The van der Waals surface area contributed by atoms with Gasteiger partial charge in [-0.2, -0.15) is 4.31 Å². The van der Waals surface area contributed by atoms with Crippen molar-refractivity contribution in [2.45, 2.75) is 23.9 Å². The van der Waals surface area contributed by atoms with E-state index in [0.29, 0.717) is 19.1 Å². The van der Waals surface area contributed by atoms with Crippen molar-refractivity contribution in [3.63, 3.8) is 0 Å². The van der Waals surface area contributed by atoms with E-state index in [-0.39, 0.29) is 22.5 Å². The second-order valence-corrected chi connectivity index (χ2v) is 6.52. The first-order chi connectivity index (χ1) is 8.55. The van der Waals surface area contributed by atoms with Crippen molar-refractivity contribution in [1.29, 1.82) is 0 Å². The summed E-state index contributed by atoms with van der Waals surface area (Å²) in [6, 6.07) is 3.55. The van der Waals surface area contributed by atoms with Gasteiger partial charge >= 0.3 is 0 Å². The van der Waals surface area contributed by atoms with Crippen molar-refractivity contribution in [2.24, 2.45) is 0 Å². The zero-order chi connectivity index (χ0) is 13.2. The number of nitrogens with one attached hydrogen (secondary N) is 1. The van der Waals surface area contributed by atoms with Gasteiger partial charge in [0.2, 0.25) is 0 Å². The van der Waals surface area contributed by atoms with Gasteiger partial charge < -0.3 is 5.32 Å². The van der Waals surface area contributed by atoms with Gasteiger partial charge in [-0.15, -0.1) is 12.4 Å². The van der Waals surface area contributed by atoms with Crippen molar-refractivity contribution >= 4 is 34.0 Å². The van der Waals surface area contributed by atoms with Crippen molar-refractivity contribution < 1.29 is 8.42 Å². The number of nitrogens with zero attached hydrogens (tertiary/aromatic N) is 2. The molecule has 0 aromatic carbocycles. The van der Waals surface area contributed by atoms with Crippen LogP contribution in [0.1, 0.15) is 12.8 Å². The highest BCUT2D eigenvalue weighted by molar-refractivity contribution is 7.89. The summed E-state index contributed by atoms with van der Waals surface area (Å²) in [5, 5.41) is 3.29. The standard InChI is InChI=1S/C11H16ClN3O2S.ClH/c1-13-9-4-7-15(8-5-9)18(16,17)11-10(12)3-2-6-14-11;/h2-3,6,9,13H,4-5,7-8H2,1H3;1H. The molecule has 1 N–H and O–H groups in total. The number of hydrogen-bond donors (Lipinski definition) is 1. The molecule has 0 aliphatic carbocycles. The molecule has 1 aliphatic rings. The number of pyridine rings is 1. The molecule has 108 valence electrons. The van der Waals surface area contributed by atoms with Gasteiger partial charge in [0, 0.05) is 25.3 Å². The third-order valence-corrected chi connectivity index (χ3v) is 5.45. The molecule has 1 fully saturated rings. The highest BCUT2D eigenvalue weighted by atomic mass is 35.5. The Morgan fingerprint density at radius 3 is 2.58 bits per heavy atom. The lowest BCUT2D eigenvalue weighted by molar-refractivity contribution is 0.298. The van der Waals surface area contributed by atoms with Gasteiger partial charge in [0.25, 0.3) is 10.0 Å². The van der Waals surface area contributed by atoms with Crippen LogP contribution < -0.4 is 5.32 Å². The molecule has 0 bridgehead atoms. The summed E-state index contributed by atoms with van der Waals surface area (Å²) < 4.78 is 26.2. The minimum Gasteiger partial charge on any atom is -0.317 e. The van der Waals surface area contributed by atoms with E-state index in [1.165, 1.54) is 10.5 Å². The maximum absolute atomic E-state index is 12.4. The summed E-state index contributed by atoms with van der Waals surface area (Å²) in [6.45, 7) is 1.00. The molecule has 1 aromatic heterocycles. The van der Waals surface area contributed by atoms with E-state index in [9.17, 15) is 8.42 Å². The monoisotopic (exact) mass is 325 g/mol. The lowest BCUT2D eigenvalue weighted by Crippen LogP contribution is -2.44. The molecule has 8 heteroatoms. The lowest BCUT2D eigenvalue weighted by Gasteiger charge is -2.30. The van der Waals surface area contributed by atoms with Crippen LogP contribution in [-0.2, 0) is 10.0 Å². The average Bonchev–Trinajstić information content (AvgIpc) is 2.39. The van der Waals surface area contributed by atoms with Crippen molar-refractivity contribution in [2.75, 3.05) is 20.1 Å². The van der Waals surface area contributed by atoms with Gasteiger partial charge in [0.15, 0.2) is 5.03 Å². The summed E-state index contributed by atoms with van der Waals surface area (Å²) in [5.41, 5.74) is 0. The van der Waals surface area contributed by atoms with E-state index in [4.69, 9.17) is 11.6 Å². The largest absolute Gasteiger partial charge is 0.317 e. The van der Waals surface area contributed by atoms with Gasteiger partial charge in [-0.05, 0) is 32.0 Å². The van der Waals surface area contributed by atoms with Crippen molar-refractivity contribution in [3.8, 4) is 0 Å². The maximum Gasteiger partial charge on any atom is 0.262 e. The van der Waals surface area contributed by atoms with Crippen LogP contribution in [0.5, 0.6) is 0 Å². The summed E-state index contributed by atoms with van der Waals surface area (Å²) in [5.74, 6) is 0. The highest BCUT2D eigenvalue weighted by Gasteiger charge is 2.31. The number of halogens is 2. The molecular weight excluding hydrogens is 309 g/mol.